The summed E-state index contributed by atoms with van der Waals surface area (Å²) < 4.78 is 0. The first-order chi connectivity index (χ1) is 10.8. The van der Waals surface area contributed by atoms with Gasteiger partial charge in [-0.3, -0.25) is 0 Å². The highest BCUT2D eigenvalue weighted by Gasteiger charge is 2.14. The number of anilines is 3. The molecule has 2 amide bonds. The van der Waals surface area contributed by atoms with Gasteiger partial charge in [0.25, 0.3) is 0 Å². The van der Waals surface area contributed by atoms with Crippen molar-refractivity contribution in [2.24, 2.45) is 0 Å². The van der Waals surface area contributed by atoms with E-state index < -0.39 is 0 Å². The van der Waals surface area contributed by atoms with Gasteiger partial charge >= 0.3 is 6.03 Å². The zero-order valence-corrected chi connectivity index (χ0v) is 12.5. The molecule has 1 aliphatic rings. The number of hydrogen-bond donors (Lipinski definition) is 3. The van der Waals surface area contributed by atoms with Crippen molar-refractivity contribution < 1.29 is 4.79 Å². The largest absolute Gasteiger partial charge is 0.382 e. The van der Waals surface area contributed by atoms with Crippen LogP contribution >= 0.6 is 0 Å². The Morgan fingerprint density at radius 1 is 0.773 bits per heavy atom. The van der Waals surface area contributed by atoms with Crippen molar-refractivity contribution in [1.29, 1.82) is 0 Å². The van der Waals surface area contributed by atoms with E-state index in [0.717, 1.165) is 17.1 Å². The maximum absolute atomic E-state index is 11.9. The van der Waals surface area contributed by atoms with Crippen LogP contribution in [0.2, 0.25) is 0 Å². The van der Waals surface area contributed by atoms with Crippen LogP contribution in [0.5, 0.6) is 0 Å². The molecule has 3 N–H and O–H groups in total. The SMILES string of the molecule is O=C(Nc1ccccc1)Nc1ccc(NC2CCCC2)cc1. The summed E-state index contributed by atoms with van der Waals surface area (Å²) in [5.41, 5.74) is 2.67. The quantitative estimate of drug-likeness (QED) is 0.766. The van der Waals surface area contributed by atoms with Gasteiger partial charge in [-0.15, -0.1) is 0 Å². The summed E-state index contributed by atoms with van der Waals surface area (Å²) >= 11 is 0. The molecule has 2 aromatic rings. The average molecular weight is 295 g/mol. The predicted octanol–water partition coefficient (Wildman–Crippen LogP) is 4.69. The van der Waals surface area contributed by atoms with Crippen LogP contribution in [0.1, 0.15) is 25.7 Å². The Morgan fingerprint density at radius 2 is 1.32 bits per heavy atom. The number of nitrogens with one attached hydrogen (secondary N) is 3. The monoisotopic (exact) mass is 295 g/mol. The highest BCUT2D eigenvalue weighted by molar-refractivity contribution is 5.99. The molecule has 0 bridgehead atoms. The number of rotatable bonds is 4. The first kappa shape index (κ1) is 14.4. The minimum Gasteiger partial charge on any atom is -0.382 e. The standard InChI is InChI=1S/C18H21N3O/c22-18(20-15-6-2-1-3-7-15)21-17-12-10-16(11-13-17)19-14-8-4-5-9-14/h1-3,6-7,10-14,19H,4-5,8-9H2,(H2,20,21,22). The van der Waals surface area contributed by atoms with Crippen molar-refractivity contribution in [2.75, 3.05) is 16.0 Å². The topological polar surface area (TPSA) is 53.2 Å². The van der Waals surface area contributed by atoms with Gasteiger partial charge in [0.1, 0.15) is 0 Å². The molecule has 0 aromatic heterocycles. The molecule has 0 heterocycles. The molecule has 2 aromatic carbocycles. The van der Waals surface area contributed by atoms with Crippen LogP contribution in [0, 0.1) is 0 Å². The average Bonchev–Trinajstić information content (AvgIpc) is 3.03. The fourth-order valence-electron chi connectivity index (χ4n) is 2.77. The van der Waals surface area contributed by atoms with Gasteiger partial charge in [0.2, 0.25) is 0 Å². The van der Waals surface area contributed by atoms with E-state index in [2.05, 4.69) is 16.0 Å². The van der Waals surface area contributed by atoms with Crippen molar-refractivity contribution in [3.05, 3.63) is 54.6 Å². The van der Waals surface area contributed by atoms with Gasteiger partial charge in [-0.1, -0.05) is 31.0 Å². The Morgan fingerprint density at radius 3 is 1.95 bits per heavy atom. The third-order valence-electron chi connectivity index (χ3n) is 3.90. The number of amides is 2. The predicted molar refractivity (Wildman–Crippen MR) is 91.4 cm³/mol. The molecule has 0 radical (unpaired) electrons. The molecule has 0 unspecified atom stereocenters. The summed E-state index contributed by atoms with van der Waals surface area (Å²) in [5, 5.41) is 9.16. The van der Waals surface area contributed by atoms with Crippen LogP contribution < -0.4 is 16.0 Å². The molecule has 1 aliphatic carbocycles. The third-order valence-corrected chi connectivity index (χ3v) is 3.90. The van der Waals surface area contributed by atoms with Gasteiger partial charge in [0.15, 0.2) is 0 Å². The van der Waals surface area contributed by atoms with Gasteiger partial charge in [-0.25, -0.2) is 4.79 Å². The lowest BCUT2D eigenvalue weighted by atomic mass is 10.2. The fourth-order valence-corrected chi connectivity index (χ4v) is 2.77. The summed E-state index contributed by atoms with van der Waals surface area (Å²) in [6.07, 6.45) is 5.13. The fraction of sp³-hybridized carbons (Fsp3) is 0.278. The van der Waals surface area contributed by atoms with Crippen LogP contribution in [0.3, 0.4) is 0 Å². The summed E-state index contributed by atoms with van der Waals surface area (Å²) in [7, 11) is 0. The molecule has 1 fully saturated rings. The van der Waals surface area contributed by atoms with E-state index in [1.807, 2.05) is 54.6 Å². The van der Waals surface area contributed by atoms with Crippen LogP contribution in [-0.4, -0.2) is 12.1 Å². The van der Waals surface area contributed by atoms with E-state index in [-0.39, 0.29) is 6.03 Å². The Balaban J connectivity index is 1.53. The Labute approximate surface area is 130 Å². The van der Waals surface area contributed by atoms with Crippen molar-refractivity contribution in [1.82, 2.24) is 0 Å². The van der Waals surface area contributed by atoms with Gasteiger partial charge in [-0.05, 0) is 49.2 Å². The molecule has 0 spiro atoms. The number of benzene rings is 2. The van der Waals surface area contributed by atoms with Crippen LogP contribution in [0.4, 0.5) is 21.9 Å². The van der Waals surface area contributed by atoms with E-state index in [1.165, 1.54) is 25.7 Å². The smallest absolute Gasteiger partial charge is 0.323 e. The number of carbonyl (C=O) groups is 1. The minimum atomic E-state index is -0.234. The molecule has 4 nitrogen and oxygen atoms in total. The highest BCUT2D eigenvalue weighted by atomic mass is 16.2. The lowest BCUT2D eigenvalue weighted by Gasteiger charge is -2.14. The van der Waals surface area contributed by atoms with Crippen molar-refractivity contribution in [3.63, 3.8) is 0 Å². The Bertz CT molecular complexity index is 604. The lowest BCUT2D eigenvalue weighted by molar-refractivity contribution is 0.262. The molecule has 0 saturated heterocycles. The zero-order valence-electron chi connectivity index (χ0n) is 12.5. The number of hydrogen-bond acceptors (Lipinski definition) is 2. The first-order valence-corrected chi connectivity index (χ1v) is 7.79. The van der Waals surface area contributed by atoms with Crippen molar-refractivity contribution in [3.8, 4) is 0 Å². The normalized spacial score (nSPS) is 14.5. The summed E-state index contributed by atoms with van der Waals surface area (Å²) in [6.45, 7) is 0. The molecular weight excluding hydrogens is 274 g/mol. The van der Waals surface area contributed by atoms with E-state index >= 15 is 0 Å². The maximum Gasteiger partial charge on any atom is 0.323 e. The van der Waals surface area contributed by atoms with E-state index in [4.69, 9.17) is 0 Å². The molecular formula is C18H21N3O. The summed E-state index contributed by atoms with van der Waals surface area (Å²) in [4.78, 5) is 11.9. The second kappa shape index (κ2) is 6.98. The van der Waals surface area contributed by atoms with Gasteiger partial charge in [0, 0.05) is 23.1 Å². The molecule has 22 heavy (non-hydrogen) atoms. The molecule has 0 atom stereocenters. The molecule has 4 heteroatoms. The second-order valence-electron chi connectivity index (χ2n) is 5.65. The number of urea groups is 1. The van der Waals surface area contributed by atoms with Crippen LogP contribution in [0.15, 0.2) is 54.6 Å². The molecule has 114 valence electrons. The van der Waals surface area contributed by atoms with Crippen molar-refractivity contribution in [2.45, 2.75) is 31.7 Å². The second-order valence-corrected chi connectivity index (χ2v) is 5.65. The Hall–Kier alpha value is -2.49. The number of carbonyl (C=O) groups excluding carboxylic acids is 1. The molecule has 0 aliphatic heterocycles. The van der Waals surface area contributed by atoms with Crippen molar-refractivity contribution >= 4 is 23.1 Å². The first-order valence-electron chi connectivity index (χ1n) is 7.79. The molecule has 1 saturated carbocycles. The van der Waals surface area contributed by atoms with Crippen LogP contribution in [0.25, 0.3) is 0 Å². The summed E-state index contributed by atoms with van der Waals surface area (Å²) in [6, 6.07) is 17.6. The van der Waals surface area contributed by atoms with Crippen LogP contribution in [-0.2, 0) is 0 Å². The lowest BCUT2D eigenvalue weighted by Crippen LogP contribution is -2.19. The number of para-hydroxylation sites is 1. The minimum absolute atomic E-state index is 0.234. The Kier molecular flexibility index (Phi) is 4.59. The zero-order chi connectivity index (χ0) is 15.2. The van der Waals surface area contributed by atoms with Gasteiger partial charge in [0.05, 0.1) is 0 Å². The van der Waals surface area contributed by atoms with E-state index in [9.17, 15) is 4.79 Å². The maximum atomic E-state index is 11.9. The van der Waals surface area contributed by atoms with E-state index in [1.54, 1.807) is 0 Å². The summed E-state index contributed by atoms with van der Waals surface area (Å²) in [5.74, 6) is 0. The third kappa shape index (κ3) is 4.01. The highest BCUT2D eigenvalue weighted by Crippen LogP contribution is 2.23. The molecule has 3 rings (SSSR count). The van der Waals surface area contributed by atoms with Gasteiger partial charge in [-0.2, -0.15) is 0 Å². The van der Waals surface area contributed by atoms with Gasteiger partial charge < -0.3 is 16.0 Å². The van der Waals surface area contributed by atoms with E-state index in [0.29, 0.717) is 6.04 Å².